The Balaban J connectivity index is 1.10. The molecule has 2 heteroatoms. The van der Waals surface area contributed by atoms with Crippen molar-refractivity contribution in [2.75, 3.05) is 0 Å². The zero-order valence-electron chi connectivity index (χ0n) is 28.0. The second kappa shape index (κ2) is 10.8. The highest BCUT2D eigenvalue weighted by molar-refractivity contribution is 6.19. The highest BCUT2D eigenvalue weighted by atomic mass is 16.3. The maximum atomic E-state index is 6.69. The number of nitrogens with zero attached hydrogens (tertiary/aromatic N) is 1. The van der Waals surface area contributed by atoms with Crippen LogP contribution >= 0.6 is 0 Å². The average Bonchev–Trinajstić information content (AvgIpc) is 3.73. The summed E-state index contributed by atoms with van der Waals surface area (Å²) in [5, 5.41) is 7.26. The van der Waals surface area contributed by atoms with Crippen molar-refractivity contribution >= 4 is 54.5 Å². The Morgan fingerprint density at radius 2 is 1.06 bits per heavy atom. The first kappa shape index (κ1) is 28.5. The molecule has 0 aliphatic heterocycles. The molecule has 0 amide bonds. The van der Waals surface area contributed by atoms with E-state index in [1.165, 1.54) is 66.1 Å². The topological polar surface area (TPSA) is 18.1 Å². The summed E-state index contributed by atoms with van der Waals surface area (Å²) in [7, 11) is 0. The molecule has 51 heavy (non-hydrogen) atoms. The second-order valence-electron chi connectivity index (χ2n) is 14.1. The highest BCUT2D eigenvalue weighted by Crippen LogP contribution is 2.64. The lowest BCUT2D eigenvalue weighted by Gasteiger charge is -2.21. The van der Waals surface area contributed by atoms with Crippen LogP contribution in [0.1, 0.15) is 29.0 Å². The van der Waals surface area contributed by atoms with E-state index in [0.29, 0.717) is 5.92 Å². The first-order valence-corrected chi connectivity index (χ1v) is 17.9. The summed E-state index contributed by atoms with van der Waals surface area (Å²) < 4.78 is 9.09. The molecule has 0 spiro atoms. The molecular weight excluding hydrogens is 619 g/mol. The van der Waals surface area contributed by atoms with Crippen molar-refractivity contribution in [1.29, 1.82) is 0 Å². The average molecular weight is 652 g/mol. The third-order valence-corrected chi connectivity index (χ3v) is 11.5. The van der Waals surface area contributed by atoms with Crippen LogP contribution in [-0.4, -0.2) is 4.57 Å². The largest absolute Gasteiger partial charge is 0.455 e. The minimum absolute atomic E-state index is 0.141. The van der Waals surface area contributed by atoms with Gasteiger partial charge in [-0.3, -0.25) is 0 Å². The minimum atomic E-state index is -0.141. The van der Waals surface area contributed by atoms with E-state index in [-0.39, 0.29) is 5.41 Å². The highest BCUT2D eigenvalue weighted by Gasteiger charge is 2.57. The van der Waals surface area contributed by atoms with E-state index >= 15 is 0 Å². The Labute approximate surface area is 295 Å². The van der Waals surface area contributed by atoms with Gasteiger partial charge in [0.05, 0.1) is 11.0 Å². The lowest BCUT2D eigenvalue weighted by atomic mass is 9.83. The third-order valence-electron chi connectivity index (χ3n) is 11.5. The van der Waals surface area contributed by atoms with E-state index in [1.54, 1.807) is 0 Å². The van der Waals surface area contributed by atoms with E-state index in [0.717, 1.165) is 28.4 Å². The fourth-order valence-electron chi connectivity index (χ4n) is 9.00. The molecule has 1 aliphatic carbocycles. The van der Waals surface area contributed by atoms with E-state index in [4.69, 9.17) is 4.42 Å². The summed E-state index contributed by atoms with van der Waals surface area (Å²) in [5.41, 5.74) is 11.9. The van der Waals surface area contributed by atoms with Crippen molar-refractivity contribution in [3.05, 3.63) is 199 Å². The van der Waals surface area contributed by atoms with E-state index in [2.05, 4.69) is 187 Å². The SMILES string of the molecule is c1ccc(-c2cc3c4cc([C@]5(c6ccc(-n7c8ccccc8c8ccccc87)cc6)CC5c5ccccc5)ccc4oc3c3ccccc23)cc1. The Hall–Kier alpha value is -6.38. The first-order chi connectivity index (χ1) is 25.3. The summed E-state index contributed by atoms with van der Waals surface area (Å²) in [6.45, 7) is 0. The number of rotatable bonds is 5. The van der Waals surface area contributed by atoms with Gasteiger partial charge in [0.2, 0.25) is 0 Å². The van der Waals surface area contributed by atoms with Gasteiger partial charge < -0.3 is 8.98 Å². The number of hydrogen-bond donors (Lipinski definition) is 0. The zero-order valence-corrected chi connectivity index (χ0v) is 28.0. The molecule has 0 radical (unpaired) electrons. The summed E-state index contributed by atoms with van der Waals surface area (Å²) in [6.07, 6.45) is 1.06. The number of fused-ring (bicyclic) bond motifs is 8. The Morgan fingerprint density at radius 1 is 0.471 bits per heavy atom. The van der Waals surface area contributed by atoms with Crippen molar-refractivity contribution in [3.8, 4) is 16.8 Å². The lowest BCUT2D eigenvalue weighted by molar-refractivity contribution is 0.672. The van der Waals surface area contributed by atoms with Crippen molar-refractivity contribution in [1.82, 2.24) is 4.57 Å². The van der Waals surface area contributed by atoms with Gasteiger partial charge in [0.25, 0.3) is 0 Å². The fraction of sp³-hybridized carbons (Fsp3) is 0.0612. The van der Waals surface area contributed by atoms with Gasteiger partial charge in [-0.2, -0.15) is 0 Å². The van der Waals surface area contributed by atoms with Gasteiger partial charge in [-0.15, -0.1) is 0 Å². The van der Waals surface area contributed by atoms with Gasteiger partial charge in [-0.1, -0.05) is 140 Å². The smallest absolute Gasteiger partial charge is 0.143 e. The standard InChI is InChI=1S/C49H33NO/c1-3-13-32(14-4-1)41-30-43-42-29-35(25-28-47(42)51-48(43)40-20-8-7-17-37(40)41)49(31-44(49)33-15-5-2-6-16-33)34-23-26-36(27-24-34)50-45-21-11-9-18-38(45)39-19-10-12-22-46(39)50/h1-30,44H,31H2/t44?,49-/m1/s1. The lowest BCUT2D eigenvalue weighted by Crippen LogP contribution is -2.12. The maximum absolute atomic E-state index is 6.69. The van der Waals surface area contributed by atoms with Crippen LogP contribution in [0.2, 0.25) is 0 Å². The molecule has 11 rings (SSSR count). The van der Waals surface area contributed by atoms with Crippen LogP contribution in [-0.2, 0) is 5.41 Å². The number of hydrogen-bond acceptors (Lipinski definition) is 1. The molecule has 1 fully saturated rings. The Kier molecular flexibility index (Phi) is 6.03. The maximum Gasteiger partial charge on any atom is 0.143 e. The van der Waals surface area contributed by atoms with Crippen molar-refractivity contribution in [2.24, 2.45) is 0 Å². The molecular formula is C49H33NO. The van der Waals surface area contributed by atoms with Crippen molar-refractivity contribution < 1.29 is 4.42 Å². The van der Waals surface area contributed by atoms with Crippen LogP contribution in [0.3, 0.4) is 0 Å². The molecule has 1 unspecified atom stereocenters. The molecule has 8 aromatic carbocycles. The molecule has 240 valence electrons. The van der Waals surface area contributed by atoms with Gasteiger partial charge in [0.1, 0.15) is 11.2 Å². The normalized spacial score (nSPS) is 17.2. The van der Waals surface area contributed by atoms with Gasteiger partial charge >= 0.3 is 0 Å². The minimum Gasteiger partial charge on any atom is -0.455 e. The molecule has 0 bridgehead atoms. The van der Waals surface area contributed by atoms with Crippen LogP contribution < -0.4 is 0 Å². The zero-order chi connectivity index (χ0) is 33.5. The number of para-hydroxylation sites is 2. The van der Waals surface area contributed by atoms with Gasteiger partial charge in [-0.05, 0) is 88.0 Å². The van der Waals surface area contributed by atoms with Gasteiger partial charge in [0, 0.05) is 38.0 Å². The monoisotopic (exact) mass is 651 g/mol. The van der Waals surface area contributed by atoms with Crippen LogP contribution in [0.4, 0.5) is 0 Å². The predicted octanol–water partition coefficient (Wildman–Crippen LogP) is 13.0. The molecule has 0 saturated heterocycles. The fourth-order valence-corrected chi connectivity index (χ4v) is 9.00. The number of benzene rings is 8. The molecule has 2 atom stereocenters. The second-order valence-corrected chi connectivity index (χ2v) is 14.1. The third kappa shape index (κ3) is 4.17. The van der Waals surface area contributed by atoms with Crippen LogP contribution in [0, 0.1) is 0 Å². The number of aromatic nitrogens is 1. The molecule has 2 aromatic heterocycles. The van der Waals surface area contributed by atoms with Gasteiger partial charge in [-0.25, -0.2) is 0 Å². The molecule has 1 saturated carbocycles. The Morgan fingerprint density at radius 3 is 1.76 bits per heavy atom. The first-order valence-electron chi connectivity index (χ1n) is 17.9. The van der Waals surface area contributed by atoms with E-state index < -0.39 is 0 Å². The summed E-state index contributed by atoms with van der Waals surface area (Å²) >= 11 is 0. The van der Waals surface area contributed by atoms with E-state index in [1.807, 2.05) is 0 Å². The van der Waals surface area contributed by atoms with Crippen molar-refractivity contribution in [2.45, 2.75) is 17.8 Å². The molecule has 10 aromatic rings. The Bertz CT molecular complexity index is 2880. The summed E-state index contributed by atoms with van der Waals surface area (Å²) in [5.74, 6) is 0.383. The van der Waals surface area contributed by atoms with Crippen LogP contribution in [0.15, 0.2) is 186 Å². The summed E-state index contributed by atoms with van der Waals surface area (Å²) in [4.78, 5) is 0. The molecule has 1 aliphatic rings. The van der Waals surface area contributed by atoms with Gasteiger partial charge in [0.15, 0.2) is 0 Å². The van der Waals surface area contributed by atoms with Crippen LogP contribution in [0.5, 0.6) is 0 Å². The summed E-state index contributed by atoms with van der Waals surface area (Å²) in [6, 6.07) is 66.5. The predicted molar refractivity (Wildman–Crippen MR) is 212 cm³/mol. The molecule has 2 nitrogen and oxygen atoms in total. The van der Waals surface area contributed by atoms with Crippen molar-refractivity contribution in [3.63, 3.8) is 0 Å². The molecule has 2 heterocycles. The van der Waals surface area contributed by atoms with E-state index in [9.17, 15) is 0 Å². The number of furan rings is 1. The molecule has 0 N–H and O–H groups in total. The van der Waals surface area contributed by atoms with Crippen LogP contribution in [0.25, 0.3) is 71.3 Å². The quantitative estimate of drug-likeness (QED) is 0.181.